The Kier molecular flexibility index (Phi) is 9.06. The lowest BCUT2D eigenvalue weighted by Gasteiger charge is -2.33. The molecule has 0 spiro atoms. The summed E-state index contributed by atoms with van der Waals surface area (Å²) < 4.78 is 0. The van der Waals surface area contributed by atoms with Crippen LogP contribution < -0.4 is 5.32 Å². The summed E-state index contributed by atoms with van der Waals surface area (Å²) in [5, 5.41) is 4.24. The standard InChI is InChI=1S/C30H32Cl2N2O2/c1-21-8-7-11-23(16-21)18-29(35)34(20-24-14-15-25(31)19-27(24)32)28(17-22-9-3-2-4-10-22)30(36)33-26-12-5-6-13-26/h2-4,7-11,14-16,19,26,28H,5-6,12-13,17-18,20H2,1H3,(H,33,36)/t28-/m1/s1. The molecule has 0 heterocycles. The van der Waals surface area contributed by atoms with E-state index in [1.54, 1.807) is 17.0 Å². The van der Waals surface area contributed by atoms with Crippen LogP contribution in [0.25, 0.3) is 0 Å². The zero-order valence-corrected chi connectivity index (χ0v) is 22.1. The van der Waals surface area contributed by atoms with E-state index >= 15 is 0 Å². The molecule has 2 amide bonds. The van der Waals surface area contributed by atoms with Gasteiger partial charge in [-0.2, -0.15) is 0 Å². The number of hydrogen-bond donors (Lipinski definition) is 1. The molecule has 1 atom stereocenters. The number of nitrogens with zero attached hydrogens (tertiary/aromatic N) is 1. The third-order valence-electron chi connectivity index (χ3n) is 6.77. The van der Waals surface area contributed by atoms with Crippen molar-refractivity contribution in [2.24, 2.45) is 0 Å². The van der Waals surface area contributed by atoms with Gasteiger partial charge in [-0.3, -0.25) is 9.59 Å². The molecule has 0 saturated heterocycles. The van der Waals surface area contributed by atoms with E-state index < -0.39 is 6.04 Å². The summed E-state index contributed by atoms with van der Waals surface area (Å²) in [5.74, 6) is -0.234. The highest BCUT2D eigenvalue weighted by Gasteiger charge is 2.32. The Balaban J connectivity index is 1.68. The number of nitrogens with one attached hydrogen (secondary N) is 1. The predicted octanol–water partition coefficient (Wildman–Crippen LogP) is 6.54. The molecule has 1 saturated carbocycles. The molecule has 188 valence electrons. The minimum atomic E-state index is -0.669. The quantitative estimate of drug-likeness (QED) is 0.346. The van der Waals surface area contributed by atoms with Crippen molar-refractivity contribution in [3.05, 3.63) is 105 Å². The fourth-order valence-electron chi connectivity index (χ4n) is 4.85. The normalized spacial score (nSPS) is 14.4. The molecule has 0 aromatic heterocycles. The van der Waals surface area contributed by atoms with Crippen LogP contribution in [0, 0.1) is 6.92 Å². The van der Waals surface area contributed by atoms with Crippen molar-refractivity contribution in [1.82, 2.24) is 10.2 Å². The number of aryl methyl sites for hydroxylation is 1. The minimum absolute atomic E-state index is 0.117. The van der Waals surface area contributed by atoms with Gasteiger partial charge >= 0.3 is 0 Å². The van der Waals surface area contributed by atoms with Gasteiger partial charge in [-0.15, -0.1) is 0 Å². The Hall–Kier alpha value is -2.82. The first-order valence-corrected chi connectivity index (χ1v) is 13.3. The van der Waals surface area contributed by atoms with Gasteiger partial charge < -0.3 is 10.2 Å². The molecule has 0 bridgehead atoms. The minimum Gasteiger partial charge on any atom is -0.352 e. The highest BCUT2D eigenvalue weighted by Crippen LogP contribution is 2.25. The van der Waals surface area contributed by atoms with E-state index in [1.807, 2.05) is 67.6 Å². The molecule has 3 aromatic rings. The van der Waals surface area contributed by atoms with Crippen LogP contribution >= 0.6 is 23.2 Å². The average molecular weight is 524 g/mol. The van der Waals surface area contributed by atoms with Gasteiger partial charge in [-0.05, 0) is 48.6 Å². The molecule has 6 heteroatoms. The van der Waals surface area contributed by atoms with Crippen LogP contribution in [-0.2, 0) is 29.0 Å². The fraction of sp³-hybridized carbons (Fsp3) is 0.333. The first-order valence-electron chi connectivity index (χ1n) is 12.5. The smallest absolute Gasteiger partial charge is 0.243 e. The van der Waals surface area contributed by atoms with Gasteiger partial charge in [0.15, 0.2) is 0 Å². The second-order valence-corrected chi connectivity index (χ2v) is 10.5. The van der Waals surface area contributed by atoms with Crippen LogP contribution in [0.2, 0.25) is 10.0 Å². The second-order valence-electron chi connectivity index (χ2n) is 9.62. The third kappa shape index (κ3) is 7.11. The summed E-state index contributed by atoms with van der Waals surface area (Å²) >= 11 is 12.6. The van der Waals surface area contributed by atoms with Crippen molar-refractivity contribution >= 4 is 35.0 Å². The summed E-state index contributed by atoms with van der Waals surface area (Å²) in [6.07, 6.45) is 4.81. The Morgan fingerprint density at radius 3 is 2.36 bits per heavy atom. The summed E-state index contributed by atoms with van der Waals surface area (Å²) in [5.41, 5.74) is 3.76. The predicted molar refractivity (Wildman–Crippen MR) is 146 cm³/mol. The maximum Gasteiger partial charge on any atom is 0.243 e. The Morgan fingerprint density at radius 1 is 0.944 bits per heavy atom. The van der Waals surface area contributed by atoms with Crippen LogP contribution in [0.5, 0.6) is 0 Å². The average Bonchev–Trinajstić information content (AvgIpc) is 3.36. The van der Waals surface area contributed by atoms with Gasteiger partial charge in [0, 0.05) is 29.1 Å². The second kappa shape index (κ2) is 12.4. The van der Waals surface area contributed by atoms with Crippen molar-refractivity contribution in [3.63, 3.8) is 0 Å². The van der Waals surface area contributed by atoms with Crippen molar-refractivity contribution in [2.45, 2.75) is 64.1 Å². The molecule has 1 N–H and O–H groups in total. The van der Waals surface area contributed by atoms with Crippen molar-refractivity contribution in [3.8, 4) is 0 Å². The molecular formula is C30H32Cl2N2O2. The van der Waals surface area contributed by atoms with Crippen molar-refractivity contribution < 1.29 is 9.59 Å². The number of amides is 2. The van der Waals surface area contributed by atoms with Gasteiger partial charge in [0.1, 0.15) is 6.04 Å². The molecule has 3 aromatic carbocycles. The monoisotopic (exact) mass is 522 g/mol. The lowest BCUT2D eigenvalue weighted by Crippen LogP contribution is -2.52. The first-order chi connectivity index (χ1) is 17.4. The van der Waals surface area contributed by atoms with Gasteiger partial charge in [-0.25, -0.2) is 0 Å². The van der Waals surface area contributed by atoms with E-state index in [0.29, 0.717) is 16.5 Å². The van der Waals surface area contributed by atoms with Crippen LogP contribution in [0.15, 0.2) is 72.8 Å². The molecule has 1 aliphatic rings. The molecule has 0 radical (unpaired) electrons. The zero-order chi connectivity index (χ0) is 25.5. The number of hydrogen-bond acceptors (Lipinski definition) is 2. The molecule has 1 aliphatic carbocycles. The van der Waals surface area contributed by atoms with Crippen LogP contribution in [0.4, 0.5) is 0 Å². The Labute approximate surface area is 223 Å². The summed E-state index contributed by atoms with van der Waals surface area (Å²) in [4.78, 5) is 29.3. The highest BCUT2D eigenvalue weighted by atomic mass is 35.5. The first kappa shape index (κ1) is 26.2. The Bertz CT molecular complexity index is 1190. The van der Waals surface area contributed by atoms with Gasteiger partial charge in [0.05, 0.1) is 6.42 Å². The topological polar surface area (TPSA) is 49.4 Å². The van der Waals surface area contributed by atoms with E-state index in [4.69, 9.17) is 23.2 Å². The van der Waals surface area contributed by atoms with E-state index in [0.717, 1.165) is 47.9 Å². The van der Waals surface area contributed by atoms with Crippen molar-refractivity contribution in [1.29, 1.82) is 0 Å². The Morgan fingerprint density at radius 2 is 1.67 bits per heavy atom. The molecule has 4 rings (SSSR count). The van der Waals surface area contributed by atoms with E-state index in [9.17, 15) is 9.59 Å². The van der Waals surface area contributed by atoms with Crippen LogP contribution in [0.1, 0.15) is 47.9 Å². The van der Waals surface area contributed by atoms with E-state index in [1.165, 1.54) is 0 Å². The number of carbonyl (C=O) groups excluding carboxylic acids is 2. The third-order valence-corrected chi connectivity index (χ3v) is 7.35. The fourth-order valence-corrected chi connectivity index (χ4v) is 5.32. The number of benzene rings is 3. The maximum absolute atomic E-state index is 13.9. The van der Waals surface area contributed by atoms with E-state index in [-0.39, 0.29) is 30.8 Å². The van der Waals surface area contributed by atoms with Gasteiger partial charge in [0.25, 0.3) is 0 Å². The van der Waals surface area contributed by atoms with Gasteiger partial charge in [0.2, 0.25) is 11.8 Å². The number of rotatable bonds is 9. The molecule has 0 unspecified atom stereocenters. The largest absolute Gasteiger partial charge is 0.352 e. The summed E-state index contributed by atoms with van der Waals surface area (Å²) in [6.45, 7) is 2.22. The highest BCUT2D eigenvalue weighted by molar-refractivity contribution is 6.35. The maximum atomic E-state index is 13.9. The lowest BCUT2D eigenvalue weighted by atomic mass is 10.0. The zero-order valence-electron chi connectivity index (χ0n) is 20.6. The summed E-state index contributed by atoms with van der Waals surface area (Å²) in [7, 11) is 0. The lowest BCUT2D eigenvalue weighted by molar-refractivity contribution is -0.141. The van der Waals surface area contributed by atoms with Gasteiger partial charge in [-0.1, -0.05) is 102 Å². The molecule has 1 fully saturated rings. The molecule has 0 aliphatic heterocycles. The number of halogens is 2. The summed E-state index contributed by atoms with van der Waals surface area (Å²) in [6, 6.07) is 22.5. The SMILES string of the molecule is Cc1cccc(CC(=O)N(Cc2ccc(Cl)cc2Cl)[C@H](Cc2ccccc2)C(=O)NC2CCCC2)c1. The van der Waals surface area contributed by atoms with E-state index in [2.05, 4.69) is 5.32 Å². The molecular weight excluding hydrogens is 491 g/mol. The van der Waals surface area contributed by atoms with Crippen molar-refractivity contribution in [2.75, 3.05) is 0 Å². The number of carbonyl (C=O) groups is 2. The van der Waals surface area contributed by atoms with Crippen LogP contribution in [-0.4, -0.2) is 28.8 Å². The molecule has 4 nitrogen and oxygen atoms in total. The van der Waals surface area contributed by atoms with Crippen LogP contribution in [0.3, 0.4) is 0 Å². The molecule has 36 heavy (non-hydrogen) atoms.